The number of hydrogen-bond acceptors (Lipinski definition) is 2. The topological polar surface area (TPSA) is 34.3 Å². The minimum Gasteiger partial charge on any atom is -0.353 e. The molecule has 30 heavy (non-hydrogen) atoms. The quantitative estimate of drug-likeness (QED) is 0.348. The van der Waals surface area contributed by atoms with Gasteiger partial charge < -0.3 is 5.32 Å². The number of para-hydroxylation sites is 5. The number of halogens is 1. The maximum absolute atomic E-state index is 6.41. The van der Waals surface area contributed by atoms with Gasteiger partial charge in [0.2, 0.25) is 5.78 Å². The van der Waals surface area contributed by atoms with Crippen LogP contribution < -0.4 is 5.32 Å². The lowest BCUT2D eigenvalue weighted by Crippen LogP contribution is -1.94. The third kappa shape index (κ3) is 2.51. The average Bonchev–Trinajstić information content (AvgIpc) is 3.31. The molecular weight excluding hydrogens is 392 g/mol. The second kappa shape index (κ2) is 6.65. The molecule has 0 fully saturated rings. The van der Waals surface area contributed by atoms with Crippen molar-refractivity contribution in [2.45, 2.75) is 0 Å². The molecule has 0 radical (unpaired) electrons. The van der Waals surface area contributed by atoms with E-state index in [0.29, 0.717) is 5.02 Å². The Morgan fingerprint density at radius 1 is 0.667 bits per heavy atom. The highest BCUT2D eigenvalue weighted by Crippen LogP contribution is 2.34. The molecule has 0 spiro atoms. The summed E-state index contributed by atoms with van der Waals surface area (Å²) >= 11 is 6.41. The maximum Gasteiger partial charge on any atom is 0.220 e. The lowest BCUT2D eigenvalue weighted by molar-refractivity contribution is 1.11. The van der Waals surface area contributed by atoms with Crippen molar-refractivity contribution in [3.63, 3.8) is 0 Å². The van der Waals surface area contributed by atoms with Crippen molar-refractivity contribution in [2.75, 3.05) is 5.32 Å². The minimum atomic E-state index is 0.682. The molecule has 0 aliphatic heterocycles. The fourth-order valence-corrected chi connectivity index (χ4v) is 4.27. The molecule has 0 amide bonds. The van der Waals surface area contributed by atoms with E-state index >= 15 is 0 Å². The minimum absolute atomic E-state index is 0.682. The molecule has 6 rings (SSSR count). The highest BCUT2D eigenvalue weighted by Gasteiger charge is 2.19. The molecule has 0 saturated heterocycles. The molecule has 1 N–H and O–H groups in total. The van der Waals surface area contributed by atoms with E-state index < -0.39 is 0 Å². The van der Waals surface area contributed by atoms with Crippen LogP contribution in [0.1, 0.15) is 0 Å². The smallest absolute Gasteiger partial charge is 0.220 e. The van der Waals surface area contributed by atoms with E-state index in [1.54, 1.807) is 0 Å². The Labute approximate surface area is 178 Å². The standard InChI is InChI=1S/C25H17ClN4/c26-18-11-4-5-12-19(18)27-20-13-8-14-21-24(20)30-23-16-7-6-15-22(23)29(25(30)28-21)17-9-2-1-3-10-17/h1-16,27H. The molecule has 2 aromatic heterocycles. The highest BCUT2D eigenvalue weighted by atomic mass is 35.5. The Morgan fingerprint density at radius 2 is 1.37 bits per heavy atom. The van der Waals surface area contributed by atoms with Crippen molar-refractivity contribution in [3.8, 4) is 5.69 Å². The number of anilines is 2. The summed E-state index contributed by atoms with van der Waals surface area (Å²) in [5.74, 6) is 0.880. The molecule has 0 aliphatic rings. The van der Waals surface area contributed by atoms with E-state index in [4.69, 9.17) is 16.6 Å². The summed E-state index contributed by atoms with van der Waals surface area (Å²) in [7, 11) is 0. The Hall–Kier alpha value is -3.76. The zero-order valence-corrected chi connectivity index (χ0v) is 16.7. The lowest BCUT2D eigenvalue weighted by Gasteiger charge is -2.09. The molecule has 5 heteroatoms. The van der Waals surface area contributed by atoms with Crippen molar-refractivity contribution in [1.82, 2.24) is 14.0 Å². The molecule has 0 unspecified atom stereocenters. The summed E-state index contributed by atoms with van der Waals surface area (Å²) < 4.78 is 4.42. The molecule has 144 valence electrons. The van der Waals surface area contributed by atoms with Crippen molar-refractivity contribution in [2.24, 2.45) is 0 Å². The SMILES string of the molecule is Clc1ccccc1Nc1cccc2nc3n(-c4ccccc4)c4ccccc4n3c12. The van der Waals surface area contributed by atoms with Gasteiger partial charge in [-0.25, -0.2) is 4.98 Å². The molecule has 4 nitrogen and oxygen atoms in total. The maximum atomic E-state index is 6.41. The van der Waals surface area contributed by atoms with E-state index in [9.17, 15) is 0 Å². The number of fused-ring (bicyclic) bond motifs is 5. The van der Waals surface area contributed by atoms with Crippen LogP contribution >= 0.6 is 11.6 Å². The number of rotatable bonds is 3. The predicted molar refractivity (Wildman–Crippen MR) is 124 cm³/mol. The predicted octanol–water partition coefficient (Wildman–Crippen LogP) is 6.83. The molecule has 0 saturated carbocycles. The van der Waals surface area contributed by atoms with Gasteiger partial charge in [-0.1, -0.05) is 60.1 Å². The van der Waals surface area contributed by atoms with E-state index in [2.05, 4.69) is 56.7 Å². The van der Waals surface area contributed by atoms with Crippen LogP contribution in [-0.2, 0) is 0 Å². The van der Waals surface area contributed by atoms with E-state index in [-0.39, 0.29) is 0 Å². The van der Waals surface area contributed by atoms with E-state index in [1.807, 2.05) is 54.6 Å². The van der Waals surface area contributed by atoms with Gasteiger partial charge in [0.25, 0.3) is 0 Å². The average molecular weight is 409 g/mol. The van der Waals surface area contributed by atoms with Gasteiger partial charge in [0.15, 0.2) is 0 Å². The van der Waals surface area contributed by atoms with Crippen molar-refractivity contribution < 1.29 is 0 Å². The summed E-state index contributed by atoms with van der Waals surface area (Å²) in [6.07, 6.45) is 0. The zero-order chi connectivity index (χ0) is 20.1. The zero-order valence-electron chi connectivity index (χ0n) is 16.0. The van der Waals surface area contributed by atoms with Crippen LogP contribution in [0.4, 0.5) is 11.4 Å². The third-order valence-corrected chi connectivity index (χ3v) is 5.71. The van der Waals surface area contributed by atoms with Gasteiger partial charge in [-0.2, -0.15) is 0 Å². The van der Waals surface area contributed by atoms with Crippen LogP contribution in [-0.4, -0.2) is 14.0 Å². The molecular formula is C25H17ClN4. The Morgan fingerprint density at radius 3 is 2.20 bits per heavy atom. The Bertz CT molecular complexity index is 1530. The third-order valence-electron chi connectivity index (χ3n) is 5.38. The number of benzene rings is 4. The summed E-state index contributed by atoms with van der Waals surface area (Å²) in [6, 6.07) is 32.6. The molecule has 0 atom stereocenters. The van der Waals surface area contributed by atoms with Crippen LogP contribution in [0, 0.1) is 0 Å². The molecule has 0 aliphatic carbocycles. The van der Waals surface area contributed by atoms with Crippen LogP contribution in [0.15, 0.2) is 97.1 Å². The number of hydrogen-bond donors (Lipinski definition) is 1. The first-order chi connectivity index (χ1) is 14.8. The lowest BCUT2D eigenvalue weighted by atomic mass is 10.2. The first kappa shape index (κ1) is 17.1. The van der Waals surface area contributed by atoms with Crippen molar-refractivity contribution >= 4 is 50.8 Å². The van der Waals surface area contributed by atoms with Crippen molar-refractivity contribution in [3.05, 3.63) is 102 Å². The first-order valence-corrected chi connectivity index (χ1v) is 10.2. The second-order valence-electron chi connectivity index (χ2n) is 7.19. The normalized spacial score (nSPS) is 11.5. The molecule has 4 aromatic carbocycles. The summed E-state index contributed by atoms with van der Waals surface area (Å²) in [5.41, 5.74) is 7.08. The highest BCUT2D eigenvalue weighted by molar-refractivity contribution is 6.33. The van der Waals surface area contributed by atoms with Gasteiger partial charge in [-0.05, 0) is 48.5 Å². The van der Waals surface area contributed by atoms with Gasteiger partial charge in [0, 0.05) is 5.69 Å². The van der Waals surface area contributed by atoms with Gasteiger partial charge in [-0.15, -0.1) is 0 Å². The largest absolute Gasteiger partial charge is 0.353 e. The van der Waals surface area contributed by atoms with Crippen molar-refractivity contribution in [1.29, 1.82) is 0 Å². The number of aromatic nitrogens is 3. The van der Waals surface area contributed by atoms with Crippen LogP contribution in [0.2, 0.25) is 5.02 Å². The van der Waals surface area contributed by atoms with Gasteiger partial charge in [-0.3, -0.25) is 8.97 Å². The fraction of sp³-hybridized carbons (Fsp3) is 0. The van der Waals surface area contributed by atoms with Crippen LogP contribution in [0.3, 0.4) is 0 Å². The van der Waals surface area contributed by atoms with Crippen LogP contribution in [0.25, 0.3) is 33.5 Å². The molecule has 0 bridgehead atoms. The second-order valence-corrected chi connectivity index (χ2v) is 7.59. The monoisotopic (exact) mass is 408 g/mol. The van der Waals surface area contributed by atoms with E-state index in [1.165, 1.54) is 0 Å². The number of nitrogens with one attached hydrogen (secondary N) is 1. The summed E-state index contributed by atoms with van der Waals surface area (Å²) in [4.78, 5) is 5.01. The Balaban J connectivity index is 1.70. The van der Waals surface area contributed by atoms with Crippen LogP contribution in [0.5, 0.6) is 0 Å². The number of nitrogens with zero attached hydrogens (tertiary/aromatic N) is 3. The number of imidazole rings is 2. The fourth-order valence-electron chi connectivity index (χ4n) is 4.08. The summed E-state index contributed by atoms with van der Waals surface area (Å²) in [5, 5.41) is 4.19. The van der Waals surface area contributed by atoms with E-state index in [0.717, 1.165) is 44.9 Å². The van der Waals surface area contributed by atoms with Gasteiger partial charge in [0.1, 0.15) is 0 Å². The van der Waals surface area contributed by atoms with Gasteiger partial charge in [0.05, 0.1) is 38.5 Å². The molecule has 6 aromatic rings. The van der Waals surface area contributed by atoms with Gasteiger partial charge >= 0.3 is 0 Å². The molecule has 2 heterocycles. The first-order valence-electron chi connectivity index (χ1n) is 9.79. The summed E-state index contributed by atoms with van der Waals surface area (Å²) in [6.45, 7) is 0. The Kier molecular flexibility index (Phi) is 3.79.